The Balaban J connectivity index is 3.35. The van der Waals surface area contributed by atoms with Crippen LogP contribution < -0.4 is 9.47 Å². The van der Waals surface area contributed by atoms with Crippen LogP contribution in [0.15, 0.2) is 12.1 Å². The molecule has 0 fully saturated rings. The first-order valence-corrected chi connectivity index (χ1v) is 4.49. The molecule has 0 heterocycles. The fourth-order valence-corrected chi connectivity index (χ4v) is 1.36. The van der Waals surface area contributed by atoms with E-state index in [-0.39, 0.29) is 17.7 Å². The summed E-state index contributed by atoms with van der Waals surface area (Å²) in [7, 11) is 2.83. The van der Waals surface area contributed by atoms with Gasteiger partial charge in [-0.3, -0.25) is 0 Å². The van der Waals surface area contributed by atoms with Crippen molar-refractivity contribution in [1.82, 2.24) is 0 Å². The van der Waals surface area contributed by atoms with Crippen molar-refractivity contribution in [2.24, 2.45) is 0 Å². The largest absolute Gasteiger partial charge is 0.496 e. The van der Waals surface area contributed by atoms with Gasteiger partial charge in [0.15, 0.2) is 0 Å². The van der Waals surface area contributed by atoms with Crippen LogP contribution in [-0.4, -0.2) is 25.3 Å². The summed E-state index contributed by atoms with van der Waals surface area (Å²) in [5, 5.41) is 17.6. The summed E-state index contributed by atoms with van der Waals surface area (Å²) in [4.78, 5) is 10.9. The van der Waals surface area contributed by atoms with E-state index >= 15 is 0 Å². The van der Waals surface area contributed by atoms with Crippen LogP contribution in [0.2, 0.25) is 0 Å². The molecule has 0 saturated heterocycles. The Labute approximate surface area is 92.8 Å². The van der Waals surface area contributed by atoms with E-state index in [0.717, 1.165) is 0 Å². The van der Waals surface area contributed by atoms with E-state index < -0.39 is 5.97 Å². The maximum atomic E-state index is 10.9. The number of rotatable bonds is 4. The molecular formula is C11H11NO4. The Kier molecular flexibility index (Phi) is 3.72. The van der Waals surface area contributed by atoms with E-state index in [2.05, 4.69) is 0 Å². The summed E-state index contributed by atoms with van der Waals surface area (Å²) >= 11 is 0. The predicted octanol–water partition coefficient (Wildman–Crippen LogP) is 1.47. The topological polar surface area (TPSA) is 79.6 Å². The number of methoxy groups -OCH3 is 2. The van der Waals surface area contributed by atoms with Gasteiger partial charge in [-0.05, 0) is 6.07 Å². The maximum absolute atomic E-state index is 10.9. The molecule has 1 N–H and O–H groups in total. The third kappa shape index (κ3) is 2.23. The van der Waals surface area contributed by atoms with Crippen LogP contribution in [-0.2, 0) is 6.42 Å². The van der Waals surface area contributed by atoms with E-state index in [1.165, 1.54) is 26.4 Å². The number of carboxylic acids is 1. The summed E-state index contributed by atoms with van der Waals surface area (Å²) < 4.78 is 9.99. The van der Waals surface area contributed by atoms with Gasteiger partial charge >= 0.3 is 5.97 Å². The fourth-order valence-electron chi connectivity index (χ4n) is 1.36. The lowest BCUT2D eigenvalue weighted by Crippen LogP contribution is -2.03. The zero-order chi connectivity index (χ0) is 12.1. The van der Waals surface area contributed by atoms with E-state index in [1.807, 2.05) is 6.07 Å². The van der Waals surface area contributed by atoms with Crippen molar-refractivity contribution in [2.75, 3.05) is 14.2 Å². The Morgan fingerprint density at radius 1 is 1.38 bits per heavy atom. The van der Waals surface area contributed by atoms with Gasteiger partial charge in [0.1, 0.15) is 17.1 Å². The molecule has 1 aromatic carbocycles. The van der Waals surface area contributed by atoms with Crippen LogP contribution in [0, 0.1) is 11.3 Å². The molecule has 5 nitrogen and oxygen atoms in total. The number of hydrogen-bond donors (Lipinski definition) is 1. The third-order valence-corrected chi connectivity index (χ3v) is 2.10. The summed E-state index contributed by atoms with van der Waals surface area (Å²) in [5.41, 5.74) is 0.553. The maximum Gasteiger partial charge on any atom is 0.339 e. The first-order valence-electron chi connectivity index (χ1n) is 4.49. The van der Waals surface area contributed by atoms with Gasteiger partial charge in [0.25, 0.3) is 0 Å². The average Bonchev–Trinajstić information content (AvgIpc) is 2.28. The molecule has 0 saturated carbocycles. The lowest BCUT2D eigenvalue weighted by Gasteiger charge is -2.10. The second-order valence-corrected chi connectivity index (χ2v) is 3.00. The monoisotopic (exact) mass is 221 g/mol. The van der Waals surface area contributed by atoms with Crippen LogP contribution in [0.4, 0.5) is 0 Å². The number of carboxylic acid groups (broad SMARTS) is 1. The molecule has 0 unspecified atom stereocenters. The van der Waals surface area contributed by atoms with Crippen LogP contribution in [0.1, 0.15) is 15.9 Å². The number of carbonyl (C=O) groups is 1. The molecule has 0 spiro atoms. The highest BCUT2D eigenvalue weighted by Crippen LogP contribution is 2.29. The molecule has 84 valence electrons. The summed E-state index contributed by atoms with van der Waals surface area (Å²) in [5.74, 6) is -0.437. The highest BCUT2D eigenvalue weighted by molar-refractivity contribution is 5.91. The first kappa shape index (κ1) is 11.9. The van der Waals surface area contributed by atoms with Gasteiger partial charge in [0, 0.05) is 11.6 Å². The number of hydrogen-bond acceptors (Lipinski definition) is 4. The van der Waals surface area contributed by atoms with Crippen LogP contribution in [0.25, 0.3) is 0 Å². The average molecular weight is 221 g/mol. The molecular weight excluding hydrogens is 210 g/mol. The Bertz CT molecular complexity index is 448. The minimum atomic E-state index is -1.10. The molecule has 0 amide bonds. The second kappa shape index (κ2) is 5.03. The third-order valence-electron chi connectivity index (χ3n) is 2.10. The molecule has 1 aromatic rings. The number of nitriles is 1. The van der Waals surface area contributed by atoms with Gasteiger partial charge in [-0.15, -0.1) is 0 Å². The lowest BCUT2D eigenvalue weighted by atomic mass is 10.1. The number of ether oxygens (including phenoxy) is 2. The minimum Gasteiger partial charge on any atom is -0.496 e. The summed E-state index contributed by atoms with van der Waals surface area (Å²) in [6.45, 7) is 0. The highest BCUT2D eigenvalue weighted by atomic mass is 16.5. The van der Waals surface area contributed by atoms with E-state index in [0.29, 0.717) is 11.3 Å². The normalized spacial score (nSPS) is 9.31. The Morgan fingerprint density at radius 2 is 2.00 bits per heavy atom. The van der Waals surface area contributed by atoms with Gasteiger partial charge < -0.3 is 14.6 Å². The molecule has 0 aliphatic rings. The lowest BCUT2D eigenvalue weighted by molar-refractivity contribution is 0.0693. The standard InChI is InChI=1S/C11H11NO4/c1-15-9-6-10(16-2)8(11(13)14)5-7(9)3-4-12/h5-6H,3H2,1-2H3,(H,13,14). The van der Waals surface area contributed by atoms with Crippen molar-refractivity contribution in [3.63, 3.8) is 0 Å². The smallest absolute Gasteiger partial charge is 0.339 e. The molecule has 1 rings (SSSR count). The molecule has 0 atom stereocenters. The first-order chi connectivity index (χ1) is 7.63. The summed E-state index contributed by atoms with van der Waals surface area (Å²) in [6, 6.07) is 4.81. The van der Waals surface area contributed by atoms with Crippen molar-refractivity contribution in [1.29, 1.82) is 5.26 Å². The molecule has 5 heteroatoms. The van der Waals surface area contributed by atoms with Crippen LogP contribution >= 0.6 is 0 Å². The number of aromatic carboxylic acids is 1. The second-order valence-electron chi connectivity index (χ2n) is 3.00. The highest BCUT2D eigenvalue weighted by Gasteiger charge is 2.15. The molecule has 0 aliphatic heterocycles. The Morgan fingerprint density at radius 3 is 2.44 bits per heavy atom. The number of benzene rings is 1. The molecule has 0 radical (unpaired) electrons. The summed E-state index contributed by atoms with van der Waals surface area (Å²) in [6.07, 6.45) is 0.0907. The Hall–Kier alpha value is -2.22. The van der Waals surface area contributed by atoms with Gasteiger partial charge in [-0.2, -0.15) is 5.26 Å². The van der Waals surface area contributed by atoms with E-state index in [4.69, 9.17) is 19.8 Å². The van der Waals surface area contributed by atoms with Crippen LogP contribution in [0.5, 0.6) is 11.5 Å². The van der Waals surface area contributed by atoms with Gasteiger partial charge in [-0.1, -0.05) is 0 Å². The quantitative estimate of drug-likeness (QED) is 0.832. The fraction of sp³-hybridized carbons (Fsp3) is 0.273. The molecule has 0 aromatic heterocycles. The van der Waals surface area contributed by atoms with Crippen molar-refractivity contribution >= 4 is 5.97 Å². The van der Waals surface area contributed by atoms with Crippen molar-refractivity contribution in [3.05, 3.63) is 23.3 Å². The van der Waals surface area contributed by atoms with Crippen molar-refractivity contribution < 1.29 is 19.4 Å². The van der Waals surface area contributed by atoms with Crippen molar-refractivity contribution in [2.45, 2.75) is 6.42 Å². The van der Waals surface area contributed by atoms with E-state index in [1.54, 1.807) is 0 Å². The predicted molar refractivity (Wildman–Crippen MR) is 55.8 cm³/mol. The van der Waals surface area contributed by atoms with Gasteiger partial charge in [-0.25, -0.2) is 4.79 Å². The zero-order valence-corrected chi connectivity index (χ0v) is 8.98. The zero-order valence-electron chi connectivity index (χ0n) is 8.98. The van der Waals surface area contributed by atoms with Gasteiger partial charge in [0.2, 0.25) is 0 Å². The SMILES string of the molecule is COc1cc(OC)c(C(=O)O)cc1CC#N. The van der Waals surface area contributed by atoms with Gasteiger partial charge in [0.05, 0.1) is 26.7 Å². The van der Waals surface area contributed by atoms with E-state index in [9.17, 15) is 4.79 Å². The number of nitrogens with zero attached hydrogens (tertiary/aromatic N) is 1. The molecule has 0 bridgehead atoms. The minimum absolute atomic E-state index is 0.0218. The molecule has 16 heavy (non-hydrogen) atoms. The molecule has 0 aliphatic carbocycles. The van der Waals surface area contributed by atoms with Crippen molar-refractivity contribution in [3.8, 4) is 17.6 Å². The van der Waals surface area contributed by atoms with Crippen LogP contribution in [0.3, 0.4) is 0 Å².